The molecule has 35 heavy (non-hydrogen) atoms. The molecule has 0 unspecified atom stereocenters. The Bertz CT molecular complexity index is 1230. The smallest absolute Gasteiger partial charge is 0.176 e. The van der Waals surface area contributed by atoms with Crippen molar-refractivity contribution in [1.82, 2.24) is 10.6 Å². The van der Waals surface area contributed by atoms with Gasteiger partial charge in [0.25, 0.3) is 0 Å². The second-order valence-electron chi connectivity index (χ2n) is 9.85. The number of benzene rings is 4. The summed E-state index contributed by atoms with van der Waals surface area (Å²) < 4.78 is 12.6. The average Bonchev–Trinajstić information content (AvgIpc) is 2.93. The second-order valence-corrected chi connectivity index (χ2v) is 9.85. The largest absolute Gasteiger partial charge is 0.471 e. The number of nitrogens with one attached hydrogen (secondary N) is 2. The Labute approximate surface area is 206 Å². The van der Waals surface area contributed by atoms with Crippen molar-refractivity contribution in [2.45, 2.75) is 44.8 Å². The van der Waals surface area contributed by atoms with E-state index in [-0.39, 0.29) is 17.9 Å². The number of ether oxygens (including phenoxy) is 2. The normalized spacial score (nSPS) is 19.1. The number of rotatable bonds is 4. The first kappa shape index (κ1) is 21.9. The molecule has 4 heteroatoms. The molecule has 2 atom stereocenters. The van der Waals surface area contributed by atoms with Crippen molar-refractivity contribution < 1.29 is 9.47 Å². The Kier molecular flexibility index (Phi) is 5.56. The van der Waals surface area contributed by atoms with Gasteiger partial charge in [0.2, 0.25) is 0 Å². The van der Waals surface area contributed by atoms with Gasteiger partial charge in [-0.15, -0.1) is 0 Å². The van der Waals surface area contributed by atoms with Crippen LogP contribution >= 0.6 is 0 Å². The van der Waals surface area contributed by atoms with Crippen LogP contribution in [-0.2, 0) is 18.5 Å². The minimum atomic E-state index is -0.156. The summed E-state index contributed by atoms with van der Waals surface area (Å²) in [6.07, 6.45) is -0.231. The van der Waals surface area contributed by atoms with Crippen molar-refractivity contribution in [2.75, 3.05) is 0 Å². The monoisotopic (exact) mass is 462 g/mol. The van der Waals surface area contributed by atoms with Gasteiger partial charge in [0.05, 0.1) is 0 Å². The maximum Gasteiger partial charge on any atom is 0.176 e. The van der Waals surface area contributed by atoms with Gasteiger partial charge in [-0.2, -0.15) is 0 Å². The van der Waals surface area contributed by atoms with Crippen molar-refractivity contribution in [3.63, 3.8) is 0 Å². The van der Waals surface area contributed by atoms with E-state index in [0.29, 0.717) is 0 Å². The molecule has 4 aromatic rings. The van der Waals surface area contributed by atoms with E-state index in [1.807, 2.05) is 36.4 Å². The van der Waals surface area contributed by atoms with E-state index in [1.54, 1.807) is 0 Å². The highest BCUT2D eigenvalue weighted by molar-refractivity contribution is 5.49. The predicted molar refractivity (Wildman–Crippen MR) is 138 cm³/mol. The maximum absolute atomic E-state index is 6.28. The van der Waals surface area contributed by atoms with Crippen LogP contribution in [0.15, 0.2) is 97.1 Å². The molecule has 4 nitrogen and oxygen atoms in total. The van der Waals surface area contributed by atoms with Gasteiger partial charge in [0.1, 0.15) is 11.5 Å². The molecule has 0 saturated carbocycles. The third-order valence-electron chi connectivity index (χ3n) is 7.21. The summed E-state index contributed by atoms with van der Waals surface area (Å²) in [4.78, 5) is 0. The fourth-order valence-corrected chi connectivity index (χ4v) is 4.98. The molecule has 0 spiro atoms. The lowest BCUT2D eigenvalue weighted by molar-refractivity contribution is 0.144. The molecule has 2 heterocycles. The van der Waals surface area contributed by atoms with Gasteiger partial charge in [-0.1, -0.05) is 86.6 Å². The topological polar surface area (TPSA) is 42.5 Å². The van der Waals surface area contributed by atoms with Gasteiger partial charge in [-0.3, -0.25) is 10.6 Å². The number of hydrogen-bond donors (Lipinski definition) is 2. The SMILES string of the molecule is CC(C)(c1ccc2c(c1)CN[C@H](c1ccccc1)O2)c1ccc2c(c1)CN[C@H](c1ccccc1)O2. The zero-order valence-corrected chi connectivity index (χ0v) is 20.1. The van der Waals surface area contributed by atoms with Crippen molar-refractivity contribution in [2.24, 2.45) is 0 Å². The standard InChI is InChI=1S/C31H30N2O2/c1-31(2,25-13-15-27-23(17-25)19-32-29(34-27)21-9-5-3-6-10-21)26-14-16-28-24(18-26)20-33-30(35-28)22-11-7-4-8-12-22/h3-18,29-30,32-33H,19-20H2,1-2H3/t29-,30-/m0/s1. The molecule has 4 aromatic carbocycles. The van der Waals surface area contributed by atoms with Crippen LogP contribution < -0.4 is 20.1 Å². The van der Waals surface area contributed by atoms with Gasteiger partial charge >= 0.3 is 0 Å². The van der Waals surface area contributed by atoms with Gasteiger partial charge in [-0.05, 0) is 35.4 Å². The first-order valence-electron chi connectivity index (χ1n) is 12.2. The fourth-order valence-electron chi connectivity index (χ4n) is 4.98. The highest BCUT2D eigenvalue weighted by Gasteiger charge is 2.29. The van der Waals surface area contributed by atoms with E-state index in [9.17, 15) is 0 Å². The lowest BCUT2D eigenvalue weighted by atomic mass is 9.77. The molecule has 0 aliphatic carbocycles. The molecule has 0 fully saturated rings. The summed E-state index contributed by atoms with van der Waals surface area (Å²) in [5.74, 6) is 1.90. The molecule has 0 radical (unpaired) electrons. The average molecular weight is 463 g/mol. The zero-order valence-electron chi connectivity index (χ0n) is 20.1. The number of hydrogen-bond acceptors (Lipinski definition) is 4. The summed E-state index contributed by atoms with van der Waals surface area (Å²) in [5, 5.41) is 7.04. The molecular weight excluding hydrogens is 432 g/mol. The van der Waals surface area contributed by atoms with Crippen molar-refractivity contribution in [3.8, 4) is 11.5 Å². The first-order valence-corrected chi connectivity index (χ1v) is 12.2. The molecule has 0 amide bonds. The van der Waals surface area contributed by atoms with E-state index < -0.39 is 0 Å². The summed E-state index contributed by atoms with van der Waals surface area (Å²) in [7, 11) is 0. The quantitative estimate of drug-likeness (QED) is 0.370. The fraction of sp³-hybridized carbons (Fsp3) is 0.226. The Morgan fingerprint density at radius 2 is 1.03 bits per heavy atom. The molecule has 6 rings (SSSR count). The van der Waals surface area contributed by atoms with Crippen LogP contribution in [0.5, 0.6) is 11.5 Å². The van der Waals surface area contributed by atoms with E-state index in [0.717, 1.165) is 35.7 Å². The summed E-state index contributed by atoms with van der Waals surface area (Å²) in [6, 6.07) is 33.8. The van der Waals surface area contributed by atoms with Crippen LogP contribution in [0, 0.1) is 0 Å². The molecule has 0 saturated heterocycles. The maximum atomic E-state index is 6.28. The van der Waals surface area contributed by atoms with E-state index in [2.05, 4.69) is 85.1 Å². The Morgan fingerprint density at radius 3 is 1.46 bits per heavy atom. The molecule has 176 valence electrons. The van der Waals surface area contributed by atoms with Crippen LogP contribution in [-0.4, -0.2) is 0 Å². The first-order chi connectivity index (χ1) is 17.1. The van der Waals surface area contributed by atoms with E-state index in [1.165, 1.54) is 22.3 Å². The second kappa shape index (κ2) is 8.88. The van der Waals surface area contributed by atoms with Crippen molar-refractivity contribution >= 4 is 0 Å². The third kappa shape index (κ3) is 4.20. The third-order valence-corrected chi connectivity index (χ3v) is 7.21. The molecule has 2 aliphatic heterocycles. The zero-order chi connectivity index (χ0) is 23.8. The Morgan fingerprint density at radius 1 is 0.600 bits per heavy atom. The van der Waals surface area contributed by atoms with Gasteiger partial charge in [0.15, 0.2) is 12.5 Å². The van der Waals surface area contributed by atoms with E-state index >= 15 is 0 Å². The lowest BCUT2D eigenvalue weighted by Crippen LogP contribution is -2.31. The summed E-state index contributed by atoms with van der Waals surface area (Å²) in [6.45, 7) is 6.12. The molecule has 2 N–H and O–H groups in total. The van der Waals surface area contributed by atoms with Crippen molar-refractivity contribution in [3.05, 3.63) is 130 Å². The minimum Gasteiger partial charge on any atom is -0.471 e. The highest BCUT2D eigenvalue weighted by atomic mass is 16.5. The van der Waals surface area contributed by atoms with Gasteiger partial charge in [-0.25, -0.2) is 0 Å². The molecular formula is C31H30N2O2. The van der Waals surface area contributed by atoms with Crippen LogP contribution in [0.25, 0.3) is 0 Å². The van der Waals surface area contributed by atoms with Gasteiger partial charge in [0, 0.05) is 40.8 Å². The summed E-state index contributed by atoms with van der Waals surface area (Å²) >= 11 is 0. The van der Waals surface area contributed by atoms with Crippen LogP contribution in [0.4, 0.5) is 0 Å². The summed E-state index contributed by atoms with van der Waals surface area (Å²) in [5.41, 5.74) is 7.05. The predicted octanol–water partition coefficient (Wildman–Crippen LogP) is 6.37. The van der Waals surface area contributed by atoms with Crippen LogP contribution in [0.3, 0.4) is 0 Å². The number of fused-ring (bicyclic) bond motifs is 2. The highest BCUT2D eigenvalue weighted by Crippen LogP contribution is 2.39. The minimum absolute atomic E-state index is 0.115. The van der Waals surface area contributed by atoms with Gasteiger partial charge < -0.3 is 9.47 Å². The Hall–Kier alpha value is -3.60. The van der Waals surface area contributed by atoms with E-state index in [4.69, 9.17) is 9.47 Å². The van der Waals surface area contributed by atoms with Crippen LogP contribution in [0.1, 0.15) is 59.7 Å². The molecule has 2 aliphatic rings. The molecule has 0 bridgehead atoms. The molecule has 0 aromatic heterocycles. The van der Waals surface area contributed by atoms with Crippen molar-refractivity contribution in [1.29, 1.82) is 0 Å². The lowest BCUT2D eigenvalue weighted by Gasteiger charge is -2.32. The van der Waals surface area contributed by atoms with Crippen LogP contribution in [0.2, 0.25) is 0 Å². The Balaban J connectivity index is 1.23.